The maximum absolute atomic E-state index is 13.5. The lowest BCUT2D eigenvalue weighted by Crippen LogP contribution is -2.61. The molecule has 0 radical (unpaired) electrons. The maximum Gasteiger partial charge on any atom is 0.247 e. The summed E-state index contributed by atoms with van der Waals surface area (Å²) in [7, 11) is -3.68. The number of fused-ring (bicyclic) bond motifs is 2. The SMILES string of the molecule is CC1(C)C(C(=O)N2CCCC2C(=O)Nc2ccc3c(c2)OCO3)N2C(=O)CC2S1(=O)=O. The van der Waals surface area contributed by atoms with E-state index in [1.807, 2.05) is 0 Å². The van der Waals surface area contributed by atoms with Crippen molar-refractivity contribution in [2.24, 2.45) is 0 Å². The van der Waals surface area contributed by atoms with Crippen LogP contribution in [0.3, 0.4) is 0 Å². The van der Waals surface area contributed by atoms with Gasteiger partial charge in [-0.1, -0.05) is 0 Å². The highest BCUT2D eigenvalue weighted by molar-refractivity contribution is 7.93. The van der Waals surface area contributed by atoms with Crippen LogP contribution < -0.4 is 14.8 Å². The number of β-lactam (4-membered cyclic amide) rings is 1. The van der Waals surface area contributed by atoms with E-state index in [2.05, 4.69) is 5.32 Å². The van der Waals surface area contributed by atoms with Crippen LogP contribution in [0.5, 0.6) is 11.5 Å². The molecule has 3 saturated heterocycles. The van der Waals surface area contributed by atoms with Crippen LogP contribution in [-0.2, 0) is 24.2 Å². The molecule has 0 aromatic heterocycles. The standard InChI is InChI=1S/C20H23N3O7S/c1-20(2)17(23-15(24)9-16(23)31(20,27)28)19(26)22-7-3-4-12(22)18(25)21-11-5-6-13-14(8-11)30-10-29-13/h5-6,8,12,16-17H,3-4,7,9-10H2,1-2H3,(H,21,25). The molecule has 4 aliphatic heterocycles. The number of amides is 3. The summed E-state index contributed by atoms with van der Waals surface area (Å²) in [4.78, 5) is 41.2. The van der Waals surface area contributed by atoms with Crippen LogP contribution in [0.2, 0.25) is 0 Å². The second-order valence-electron chi connectivity index (χ2n) is 8.76. The lowest BCUT2D eigenvalue weighted by Gasteiger charge is -2.39. The number of hydrogen-bond acceptors (Lipinski definition) is 7. The molecule has 4 heterocycles. The van der Waals surface area contributed by atoms with Crippen molar-refractivity contribution in [2.75, 3.05) is 18.7 Å². The topological polar surface area (TPSA) is 122 Å². The van der Waals surface area contributed by atoms with E-state index >= 15 is 0 Å². The summed E-state index contributed by atoms with van der Waals surface area (Å²) in [6.07, 6.45) is 0.977. The Labute approximate surface area is 179 Å². The first kappa shape index (κ1) is 20.1. The van der Waals surface area contributed by atoms with Crippen LogP contribution in [0.1, 0.15) is 33.1 Å². The number of rotatable bonds is 3. The van der Waals surface area contributed by atoms with Crippen molar-refractivity contribution in [1.82, 2.24) is 9.80 Å². The van der Waals surface area contributed by atoms with Crippen LogP contribution in [0.25, 0.3) is 0 Å². The van der Waals surface area contributed by atoms with Gasteiger partial charge >= 0.3 is 0 Å². The first-order valence-corrected chi connectivity index (χ1v) is 11.7. The maximum atomic E-state index is 13.5. The summed E-state index contributed by atoms with van der Waals surface area (Å²) < 4.78 is 34.8. The monoisotopic (exact) mass is 449 g/mol. The normalized spacial score (nSPS) is 29.5. The molecule has 10 nitrogen and oxygen atoms in total. The zero-order valence-electron chi connectivity index (χ0n) is 17.2. The Kier molecular flexibility index (Phi) is 4.27. The Morgan fingerprint density at radius 3 is 2.68 bits per heavy atom. The van der Waals surface area contributed by atoms with Crippen molar-refractivity contribution in [3.05, 3.63) is 18.2 Å². The molecule has 3 unspecified atom stereocenters. The van der Waals surface area contributed by atoms with Crippen molar-refractivity contribution in [3.63, 3.8) is 0 Å². The van der Waals surface area contributed by atoms with E-state index in [1.165, 1.54) is 23.6 Å². The molecule has 1 N–H and O–H groups in total. The smallest absolute Gasteiger partial charge is 0.247 e. The second-order valence-corrected chi connectivity index (χ2v) is 11.4. The Balaban J connectivity index is 1.37. The number of likely N-dealkylation sites (tertiary alicyclic amines) is 1. The summed E-state index contributed by atoms with van der Waals surface area (Å²) >= 11 is 0. The molecule has 0 aliphatic carbocycles. The third-order valence-electron chi connectivity index (χ3n) is 6.69. The fourth-order valence-corrected chi connectivity index (χ4v) is 7.02. The molecule has 4 aliphatic rings. The van der Waals surface area contributed by atoms with Gasteiger partial charge in [-0.3, -0.25) is 14.4 Å². The highest BCUT2D eigenvalue weighted by atomic mass is 32.2. The third kappa shape index (κ3) is 2.75. The van der Waals surface area contributed by atoms with Gasteiger partial charge < -0.3 is 24.6 Å². The quantitative estimate of drug-likeness (QED) is 0.666. The summed E-state index contributed by atoms with van der Waals surface area (Å²) in [6.45, 7) is 3.41. The molecular weight excluding hydrogens is 426 g/mol. The van der Waals surface area contributed by atoms with Crippen LogP contribution in [0.15, 0.2) is 18.2 Å². The van der Waals surface area contributed by atoms with Crippen LogP contribution in [0.4, 0.5) is 5.69 Å². The van der Waals surface area contributed by atoms with Gasteiger partial charge in [0.05, 0.1) is 11.2 Å². The highest BCUT2D eigenvalue weighted by Gasteiger charge is 2.68. The molecule has 5 rings (SSSR count). The number of sulfone groups is 1. The van der Waals surface area contributed by atoms with E-state index < -0.39 is 37.9 Å². The Morgan fingerprint density at radius 1 is 1.19 bits per heavy atom. The van der Waals surface area contributed by atoms with Crippen molar-refractivity contribution in [3.8, 4) is 11.5 Å². The van der Waals surface area contributed by atoms with Gasteiger partial charge in [-0.2, -0.15) is 0 Å². The number of carbonyl (C=O) groups excluding carboxylic acids is 3. The number of ether oxygens (including phenoxy) is 2. The number of hydrogen-bond donors (Lipinski definition) is 1. The molecule has 3 amide bonds. The van der Waals surface area contributed by atoms with Crippen molar-refractivity contribution in [2.45, 2.75) is 55.3 Å². The van der Waals surface area contributed by atoms with Crippen molar-refractivity contribution >= 4 is 33.2 Å². The third-order valence-corrected chi connectivity index (χ3v) is 9.49. The predicted molar refractivity (Wildman–Crippen MR) is 108 cm³/mol. The summed E-state index contributed by atoms with van der Waals surface area (Å²) in [6, 6.07) is 3.16. The Morgan fingerprint density at radius 2 is 1.94 bits per heavy atom. The van der Waals surface area contributed by atoms with E-state index in [1.54, 1.807) is 18.2 Å². The van der Waals surface area contributed by atoms with Crippen molar-refractivity contribution in [1.29, 1.82) is 0 Å². The number of nitrogens with zero attached hydrogens (tertiary/aromatic N) is 2. The van der Waals surface area contributed by atoms with Crippen LogP contribution in [0, 0.1) is 0 Å². The largest absolute Gasteiger partial charge is 0.454 e. The number of carbonyl (C=O) groups is 3. The molecule has 0 spiro atoms. The number of anilines is 1. The van der Waals surface area contributed by atoms with Crippen LogP contribution in [-0.4, -0.2) is 71.5 Å². The van der Waals surface area contributed by atoms with Gasteiger partial charge in [0.1, 0.15) is 17.5 Å². The summed E-state index contributed by atoms with van der Waals surface area (Å²) in [5.74, 6) is -0.0908. The lowest BCUT2D eigenvalue weighted by atomic mass is 9.96. The highest BCUT2D eigenvalue weighted by Crippen LogP contribution is 2.46. The van der Waals surface area contributed by atoms with E-state index in [0.717, 1.165) is 0 Å². The van der Waals surface area contributed by atoms with E-state index in [-0.39, 0.29) is 25.0 Å². The fourth-order valence-electron chi connectivity index (χ4n) is 4.89. The molecule has 3 atom stereocenters. The Bertz CT molecular complexity index is 1100. The average Bonchev–Trinajstić information content (AvgIpc) is 3.39. The first-order valence-electron chi connectivity index (χ1n) is 10.2. The van der Waals surface area contributed by atoms with E-state index in [4.69, 9.17) is 9.47 Å². The van der Waals surface area contributed by atoms with Crippen molar-refractivity contribution < 1.29 is 32.3 Å². The minimum atomic E-state index is -3.68. The molecule has 0 bridgehead atoms. The molecule has 11 heteroatoms. The zero-order chi connectivity index (χ0) is 22.1. The molecule has 0 saturated carbocycles. The minimum absolute atomic E-state index is 0.0937. The summed E-state index contributed by atoms with van der Waals surface area (Å²) in [5.41, 5.74) is 0.510. The second kappa shape index (κ2) is 6.59. The zero-order valence-corrected chi connectivity index (χ0v) is 18.0. The average molecular weight is 449 g/mol. The number of benzene rings is 1. The van der Waals surface area contributed by atoms with Gasteiger partial charge in [-0.05, 0) is 38.8 Å². The molecular formula is C20H23N3O7S. The van der Waals surface area contributed by atoms with Gasteiger partial charge in [0, 0.05) is 18.3 Å². The molecule has 166 valence electrons. The minimum Gasteiger partial charge on any atom is -0.454 e. The van der Waals surface area contributed by atoms with Gasteiger partial charge in [0.15, 0.2) is 21.3 Å². The predicted octanol–water partition coefficient (Wildman–Crippen LogP) is 0.479. The lowest BCUT2D eigenvalue weighted by molar-refractivity contribution is -0.155. The molecule has 31 heavy (non-hydrogen) atoms. The fraction of sp³-hybridized carbons (Fsp3) is 0.550. The van der Waals surface area contributed by atoms with E-state index in [9.17, 15) is 22.8 Å². The molecule has 1 aromatic rings. The van der Waals surface area contributed by atoms with Gasteiger partial charge in [-0.25, -0.2) is 8.42 Å². The van der Waals surface area contributed by atoms with Crippen LogP contribution >= 0.6 is 0 Å². The number of nitrogens with one attached hydrogen (secondary N) is 1. The first-order chi connectivity index (χ1) is 14.6. The summed E-state index contributed by atoms with van der Waals surface area (Å²) in [5, 5.41) is 1.85. The molecule has 1 aromatic carbocycles. The van der Waals surface area contributed by atoms with E-state index in [0.29, 0.717) is 36.6 Å². The van der Waals surface area contributed by atoms with Gasteiger partial charge in [-0.15, -0.1) is 0 Å². The van der Waals surface area contributed by atoms with Gasteiger partial charge in [0.2, 0.25) is 24.5 Å². The molecule has 3 fully saturated rings. The van der Waals surface area contributed by atoms with Gasteiger partial charge in [0.25, 0.3) is 0 Å². The Hall–Kier alpha value is -2.82.